The number of piperidine rings is 1. The van der Waals surface area contributed by atoms with Crippen molar-refractivity contribution in [2.24, 2.45) is 0 Å². The van der Waals surface area contributed by atoms with Gasteiger partial charge >= 0.3 is 5.97 Å². The van der Waals surface area contributed by atoms with Gasteiger partial charge in [0, 0.05) is 12.1 Å². The summed E-state index contributed by atoms with van der Waals surface area (Å²) in [7, 11) is 0. The Balaban J connectivity index is 1.59. The van der Waals surface area contributed by atoms with Gasteiger partial charge in [0.1, 0.15) is 6.04 Å². The molecule has 1 aliphatic rings. The van der Waals surface area contributed by atoms with Gasteiger partial charge in [-0.05, 0) is 38.2 Å². The molecule has 1 atom stereocenters. The van der Waals surface area contributed by atoms with E-state index in [0.717, 1.165) is 24.8 Å². The SMILES string of the molecule is CCOC(=O)[C@@H]1CCCCN1C(=O)CSc1n[nH]c(-c2ccc(CC)cc2)n1. The maximum absolute atomic E-state index is 12.7. The van der Waals surface area contributed by atoms with Crippen molar-refractivity contribution in [3.63, 3.8) is 0 Å². The van der Waals surface area contributed by atoms with Crippen LogP contribution in [0.5, 0.6) is 0 Å². The number of rotatable bonds is 7. The summed E-state index contributed by atoms with van der Waals surface area (Å²) in [6, 6.07) is 7.69. The highest BCUT2D eigenvalue weighted by Gasteiger charge is 2.33. The van der Waals surface area contributed by atoms with E-state index < -0.39 is 6.04 Å². The van der Waals surface area contributed by atoms with Crippen molar-refractivity contribution in [2.45, 2.75) is 50.7 Å². The van der Waals surface area contributed by atoms with Crippen LogP contribution >= 0.6 is 11.8 Å². The van der Waals surface area contributed by atoms with E-state index in [2.05, 4.69) is 34.2 Å². The van der Waals surface area contributed by atoms with Gasteiger partial charge in [-0.15, -0.1) is 5.10 Å². The molecule has 3 rings (SSSR count). The molecule has 0 aliphatic carbocycles. The summed E-state index contributed by atoms with van der Waals surface area (Å²) >= 11 is 1.28. The van der Waals surface area contributed by atoms with Gasteiger partial charge in [0.15, 0.2) is 5.82 Å². The number of aromatic amines is 1. The van der Waals surface area contributed by atoms with Crippen molar-refractivity contribution in [3.05, 3.63) is 29.8 Å². The molecule has 0 bridgehead atoms. The van der Waals surface area contributed by atoms with Gasteiger partial charge in [0.05, 0.1) is 12.4 Å². The number of hydrogen-bond donors (Lipinski definition) is 1. The topological polar surface area (TPSA) is 88.2 Å². The minimum Gasteiger partial charge on any atom is -0.464 e. The predicted octanol–water partition coefficient (Wildman–Crippen LogP) is 3.07. The lowest BCUT2D eigenvalue weighted by Gasteiger charge is -2.33. The molecule has 1 saturated heterocycles. The number of carbonyl (C=O) groups is 2. The summed E-state index contributed by atoms with van der Waals surface area (Å²) in [6.07, 6.45) is 3.49. The van der Waals surface area contributed by atoms with Gasteiger partial charge in [0.2, 0.25) is 11.1 Å². The standard InChI is InChI=1S/C20H26N4O3S/c1-3-14-8-10-15(11-9-14)18-21-20(23-22-18)28-13-17(25)24-12-6-5-7-16(24)19(26)27-4-2/h8-11,16H,3-7,12-13H2,1-2H3,(H,21,22,23)/t16-/m0/s1. The van der Waals surface area contributed by atoms with Crippen LogP contribution < -0.4 is 0 Å². The normalized spacial score (nSPS) is 16.8. The summed E-state index contributed by atoms with van der Waals surface area (Å²) in [6.45, 7) is 4.81. The van der Waals surface area contributed by atoms with Gasteiger partial charge < -0.3 is 9.64 Å². The lowest BCUT2D eigenvalue weighted by Crippen LogP contribution is -2.49. The molecule has 28 heavy (non-hydrogen) atoms. The molecule has 0 unspecified atom stereocenters. The first kappa shape index (κ1) is 20.4. The number of amides is 1. The number of hydrogen-bond acceptors (Lipinski definition) is 6. The van der Waals surface area contributed by atoms with Crippen LogP contribution in [0, 0.1) is 0 Å². The monoisotopic (exact) mass is 402 g/mol. The number of H-pyrrole nitrogens is 1. The third kappa shape index (κ3) is 4.92. The molecule has 1 fully saturated rings. The number of ether oxygens (including phenoxy) is 1. The summed E-state index contributed by atoms with van der Waals surface area (Å²) in [5, 5.41) is 7.65. The number of carbonyl (C=O) groups excluding carboxylic acids is 2. The molecule has 8 heteroatoms. The van der Waals surface area contributed by atoms with Crippen molar-refractivity contribution >= 4 is 23.6 Å². The summed E-state index contributed by atoms with van der Waals surface area (Å²) in [5.41, 5.74) is 2.22. The molecule has 0 saturated carbocycles. The number of thioether (sulfide) groups is 1. The fourth-order valence-corrected chi connectivity index (χ4v) is 3.95. The average molecular weight is 403 g/mol. The number of likely N-dealkylation sites (tertiary alicyclic amines) is 1. The molecule has 150 valence electrons. The molecule has 1 amide bonds. The number of nitrogens with zero attached hydrogens (tertiary/aromatic N) is 3. The van der Waals surface area contributed by atoms with Gasteiger partial charge in [-0.2, -0.15) is 0 Å². The fraction of sp³-hybridized carbons (Fsp3) is 0.500. The van der Waals surface area contributed by atoms with Crippen LogP contribution in [0.25, 0.3) is 11.4 Å². The van der Waals surface area contributed by atoms with E-state index in [1.54, 1.807) is 11.8 Å². The van der Waals surface area contributed by atoms with E-state index in [9.17, 15) is 9.59 Å². The lowest BCUT2D eigenvalue weighted by atomic mass is 10.0. The van der Waals surface area contributed by atoms with Crippen molar-refractivity contribution in [1.82, 2.24) is 20.1 Å². The first-order valence-electron chi connectivity index (χ1n) is 9.73. The molecule has 1 aliphatic heterocycles. The predicted molar refractivity (Wildman–Crippen MR) is 108 cm³/mol. The number of aromatic nitrogens is 3. The molecule has 2 aromatic rings. The Morgan fingerprint density at radius 3 is 2.75 bits per heavy atom. The molecule has 1 N–H and O–H groups in total. The first-order valence-corrected chi connectivity index (χ1v) is 10.7. The van der Waals surface area contributed by atoms with Gasteiger partial charge in [-0.1, -0.05) is 43.0 Å². The van der Waals surface area contributed by atoms with Crippen LogP contribution in [0.3, 0.4) is 0 Å². The second kappa shape index (κ2) is 9.73. The summed E-state index contributed by atoms with van der Waals surface area (Å²) < 4.78 is 5.12. The average Bonchev–Trinajstić information content (AvgIpc) is 3.21. The first-order chi connectivity index (χ1) is 13.6. The minimum absolute atomic E-state index is 0.0820. The third-order valence-corrected chi connectivity index (χ3v) is 5.64. The lowest BCUT2D eigenvalue weighted by molar-refractivity contribution is -0.155. The largest absolute Gasteiger partial charge is 0.464 e. The number of benzene rings is 1. The second-order valence-corrected chi connectivity index (χ2v) is 7.60. The zero-order chi connectivity index (χ0) is 19.9. The molecule has 2 heterocycles. The van der Waals surface area contributed by atoms with E-state index >= 15 is 0 Å². The number of esters is 1. The molecule has 1 aromatic carbocycles. The molecule has 7 nitrogen and oxygen atoms in total. The number of nitrogens with one attached hydrogen (secondary N) is 1. The zero-order valence-electron chi connectivity index (χ0n) is 16.3. The van der Waals surface area contributed by atoms with Crippen molar-refractivity contribution in [3.8, 4) is 11.4 Å². The second-order valence-electron chi connectivity index (χ2n) is 6.66. The van der Waals surface area contributed by atoms with Crippen molar-refractivity contribution in [1.29, 1.82) is 0 Å². The van der Waals surface area contributed by atoms with Crippen molar-refractivity contribution < 1.29 is 14.3 Å². The number of aryl methyl sites for hydroxylation is 1. The van der Waals surface area contributed by atoms with Crippen LogP contribution in [0.15, 0.2) is 29.4 Å². The van der Waals surface area contributed by atoms with Crippen LogP contribution in [0.4, 0.5) is 0 Å². The highest BCUT2D eigenvalue weighted by Crippen LogP contribution is 2.23. The van der Waals surface area contributed by atoms with Gasteiger partial charge in [0.25, 0.3) is 0 Å². The maximum atomic E-state index is 12.7. The highest BCUT2D eigenvalue weighted by molar-refractivity contribution is 7.99. The van der Waals surface area contributed by atoms with E-state index in [1.165, 1.54) is 17.3 Å². The van der Waals surface area contributed by atoms with Crippen LogP contribution in [0.2, 0.25) is 0 Å². The van der Waals surface area contributed by atoms with Crippen molar-refractivity contribution in [2.75, 3.05) is 18.9 Å². The van der Waals surface area contributed by atoms with Gasteiger partial charge in [-0.25, -0.2) is 9.78 Å². The Morgan fingerprint density at radius 1 is 1.25 bits per heavy atom. The molecule has 1 aromatic heterocycles. The Bertz CT molecular complexity index is 806. The Hall–Kier alpha value is -2.35. The minimum atomic E-state index is -0.471. The van der Waals surface area contributed by atoms with E-state index in [4.69, 9.17) is 4.74 Å². The highest BCUT2D eigenvalue weighted by atomic mass is 32.2. The van der Waals surface area contributed by atoms with Gasteiger partial charge in [-0.3, -0.25) is 9.89 Å². The van der Waals surface area contributed by atoms with Crippen LogP contribution in [0.1, 0.15) is 38.7 Å². The van der Waals surface area contributed by atoms with Crippen LogP contribution in [-0.2, 0) is 20.7 Å². The smallest absolute Gasteiger partial charge is 0.328 e. The molecular formula is C20H26N4O3S. The third-order valence-electron chi connectivity index (χ3n) is 4.81. The van der Waals surface area contributed by atoms with E-state index in [0.29, 0.717) is 30.6 Å². The molecular weight excluding hydrogens is 376 g/mol. The Labute approximate surface area is 169 Å². The quantitative estimate of drug-likeness (QED) is 0.566. The Morgan fingerprint density at radius 2 is 2.04 bits per heavy atom. The maximum Gasteiger partial charge on any atom is 0.328 e. The summed E-state index contributed by atoms with van der Waals surface area (Å²) in [5.74, 6) is 0.486. The van der Waals surface area contributed by atoms with E-state index in [1.807, 2.05) is 12.1 Å². The van der Waals surface area contributed by atoms with Crippen LogP contribution in [-0.4, -0.2) is 56.9 Å². The zero-order valence-corrected chi connectivity index (χ0v) is 17.1. The van der Waals surface area contributed by atoms with E-state index in [-0.39, 0.29) is 17.6 Å². The Kier molecular flexibility index (Phi) is 7.08. The fourth-order valence-electron chi connectivity index (χ4n) is 3.26. The summed E-state index contributed by atoms with van der Waals surface area (Å²) in [4.78, 5) is 30.9. The molecule has 0 spiro atoms. The molecule has 0 radical (unpaired) electrons.